The van der Waals surface area contributed by atoms with Crippen molar-refractivity contribution in [3.63, 3.8) is 0 Å². The van der Waals surface area contributed by atoms with Crippen molar-refractivity contribution in [1.29, 1.82) is 0 Å². The van der Waals surface area contributed by atoms with Crippen molar-refractivity contribution < 1.29 is 4.39 Å². The van der Waals surface area contributed by atoms with Crippen LogP contribution in [0.25, 0.3) is 5.69 Å². The Morgan fingerprint density at radius 3 is 2.80 bits per heavy atom. The van der Waals surface area contributed by atoms with E-state index in [0.29, 0.717) is 15.8 Å². The van der Waals surface area contributed by atoms with Crippen molar-refractivity contribution in [2.24, 2.45) is 0 Å². The van der Waals surface area contributed by atoms with Crippen LogP contribution >= 0.6 is 38.5 Å². The van der Waals surface area contributed by atoms with E-state index in [1.807, 2.05) is 0 Å². The number of halogens is 3. The highest BCUT2D eigenvalue weighted by Gasteiger charge is 2.08. The lowest BCUT2D eigenvalue weighted by molar-refractivity contribution is 0.619. The standard InChI is InChI=1S/C9H6BrFIN3/c10-6-1-8(13)9(2-7(6)11)15-4-5(12)3-14-15/h1-4H,13H2. The van der Waals surface area contributed by atoms with E-state index in [-0.39, 0.29) is 5.82 Å². The third-order valence-corrected chi connectivity index (χ3v) is 3.03. The Bertz CT molecular complexity index is 512. The van der Waals surface area contributed by atoms with E-state index >= 15 is 0 Å². The first-order valence-electron chi connectivity index (χ1n) is 4.03. The third-order valence-electron chi connectivity index (χ3n) is 1.87. The molecule has 0 atom stereocenters. The fourth-order valence-corrected chi connectivity index (χ4v) is 1.93. The molecule has 6 heteroatoms. The summed E-state index contributed by atoms with van der Waals surface area (Å²) in [4.78, 5) is 0. The molecule has 1 heterocycles. The van der Waals surface area contributed by atoms with Crippen molar-refractivity contribution in [3.05, 3.63) is 38.4 Å². The summed E-state index contributed by atoms with van der Waals surface area (Å²) in [6, 6.07) is 2.88. The quantitative estimate of drug-likeness (QED) is 0.609. The molecule has 0 saturated carbocycles. The first-order valence-corrected chi connectivity index (χ1v) is 5.90. The predicted octanol–water partition coefficient (Wildman–Crippen LogP) is 2.96. The number of anilines is 1. The highest BCUT2D eigenvalue weighted by molar-refractivity contribution is 14.1. The summed E-state index contributed by atoms with van der Waals surface area (Å²) in [5.74, 6) is -0.357. The molecule has 0 spiro atoms. The maximum absolute atomic E-state index is 13.3. The second-order valence-corrected chi connectivity index (χ2v) is 5.03. The van der Waals surface area contributed by atoms with E-state index in [4.69, 9.17) is 5.73 Å². The smallest absolute Gasteiger partial charge is 0.139 e. The number of hydrogen-bond acceptors (Lipinski definition) is 2. The van der Waals surface area contributed by atoms with Gasteiger partial charge in [0.2, 0.25) is 0 Å². The molecule has 0 fully saturated rings. The van der Waals surface area contributed by atoms with E-state index < -0.39 is 0 Å². The van der Waals surface area contributed by atoms with E-state index in [1.54, 1.807) is 17.1 Å². The number of nitrogens with two attached hydrogens (primary N) is 1. The molecule has 0 amide bonds. The van der Waals surface area contributed by atoms with Crippen molar-refractivity contribution in [3.8, 4) is 5.69 Å². The highest BCUT2D eigenvalue weighted by atomic mass is 127. The fourth-order valence-electron chi connectivity index (χ4n) is 1.18. The first-order chi connectivity index (χ1) is 7.08. The molecule has 3 nitrogen and oxygen atoms in total. The lowest BCUT2D eigenvalue weighted by Gasteiger charge is -2.06. The van der Waals surface area contributed by atoms with Gasteiger partial charge in [0.25, 0.3) is 0 Å². The summed E-state index contributed by atoms with van der Waals surface area (Å²) in [7, 11) is 0. The molecule has 2 aromatic rings. The lowest BCUT2D eigenvalue weighted by Crippen LogP contribution is -2.01. The Morgan fingerprint density at radius 2 is 2.20 bits per heavy atom. The van der Waals surface area contributed by atoms with Gasteiger partial charge in [0.15, 0.2) is 0 Å². The molecule has 0 saturated heterocycles. The lowest BCUT2D eigenvalue weighted by atomic mass is 10.2. The van der Waals surface area contributed by atoms with Crippen molar-refractivity contribution >= 4 is 44.2 Å². The van der Waals surface area contributed by atoms with Crippen molar-refractivity contribution in [2.45, 2.75) is 0 Å². The summed E-state index contributed by atoms with van der Waals surface area (Å²) in [6.45, 7) is 0. The van der Waals surface area contributed by atoms with Crippen LogP contribution in [0.5, 0.6) is 0 Å². The third kappa shape index (κ3) is 2.15. The minimum atomic E-state index is -0.357. The molecule has 2 N–H and O–H groups in total. The van der Waals surface area contributed by atoms with Gasteiger partial charge < -0.3 is 5.73 Å². The molecule has 0 aliphatic heterocycles. The van der Waals surface area contributed by atoms with E-state index in [0.717, 1.165) is 3.57 Å². The molecule has 0 bridgehead atoms. The van der Waals surface area contributed by atoms with Gasteiger partial charge in [-0.25, -0.2) is 9.07 Å². The molecular weight excluding hydrogens is 376 g/mol. The van der Waals surface area contributed by atoms with Crippen LogP contribution in [-0.4, -0.2) is 9.78 Å². The molecule has 0 unspecified atom stereocenters. The van der Waals surface area contributed by atoms with Crippen LogP contribution in [-0.2, 0) is 0 Å². The van der Waals surface area contributed by atoms with Gasteiger partial charge in [0.05, 0.1) is 25.6 Å². The topological polar surface area (TPSA) is 43.8 Å². The molecule has 0 radical (unpaired) electrons. The second kappa shape index (κ2) is 4.09. The monoisotopic (exact) mass is 381 g/mol. The van der Waals surface area contributed by atoms with Gasteiger partial charge in [0, 0.05) is 12.3 Å². The van der Waals surface area contributed by atoms with Crippen molar-refractivity contribution in [2.75, 3.05) is 5.73 Å². The number of benzene rings is 1. The van der Waals surface area contributed by atoms with Crippen LogP contribution in [0.4, 0.5) is 10.1 Å². The van der Waals surface area contributed by atoms with Gasteiger partial charge in [-0.1, -0.05) is 0 Å². The summed E-state index contributed by atoms with van der Waals surface area (Å²) >= 11 is 5.20. The van der Waals surface area contributed by atoms with Crippen LogP contribution in [0.15, 0.2) is 29.0 Å². The summed E-state index contributed by atoms with van der Waals surface area (Å²) < 4.78 is 16.2. The Balaban J connectivity index is 2.58. The van der Waals surface area contributed by atoms with E-state index in [2.05, 4.69) is 43.6 Å². The van der Waals surface area contributed by atoms with Gasteiger partial charge in [-0.15, -0.1) is 0 Å². The predicted molar refractivity (Wildman–Crippen MR) is 68.4 cm³/mol. The molecule has 78 valence electrons. The Labute approximate surface area is 108 Å². The van der Waals surface area contributed by atoms with Crippen molar-refractivity contribution in [1.82, 2.24) is 9.78 Å². The van der Waals surface area contributed by atoms with E-state index in [1.165, 1.54) is 12.1 Å². The number of hydrogen-bond donors (Lipinski definition) is 1. The van der Waals surface area contributed by atoms with Gasteiger partial charge in [-0.2, -0.15) is 5.10 Å². The van der Waals surface area contributed by atoms with Gasteiger partial charge in [-0.3, -0.25) is 0 Å². The van der Waals surface area contributed by atoms with Crippen LogP contribution in [0.3, 0.4) is 0 Å². The number of nitrogens with zero attached hydrogens (tertiary/aromatic N) is 2. The Morgan fingerprint density at radius 1 is 1.47 bits per heavy atom. The zero-order valence-corrected chi connectivity index (χ0v) is 11.2. The van der Waals surface area contributed by atoms with Crippen LogP contribution in [0, 0.1) is 9.39 Å². The Hall–Kier alpha value is -0.630. The average molecular weight is 382 g/mol. The largest absolute Gasteiger partial charge is 0.397 e. The summed E-state index contributed by atoms with van der Waals surface area (Å²) in [5, 5.41) is 4.06. The fraction of sp³-hybridized carbons (Fsp3) is 0. The zero-order chi connectivity index (χ0) is 11.0. The molecule has 0 aliphatic rings. The average Bonchev–Trinajstić information content (AvgIpc) is 2.58. The van der Waals surface area contributed by atoms with Gasteiger partial charge in [-0.05, 0) is 44.6 Å². The summed E-state index contributed by atoms with van der Waals surface area (Å²) in [6.07, 6.45) is 3.46. The minimum Gasteiger partial charge on any atom is -0.397 e. The van der Waals surface area contributed by atoms with Crippen LogP contribution in [0.1, 0.15) is 0 Å². The summed E-state index contributed by atoms with van der Waals surface area (Å²) in [5.41, 5.74) is 6.79. The highest BCUT2D eigenvalue weighted by Crippen LogP contribution is 2.25. The van der Waals surface area contributed by atoms with Crippen LogP contribution in [0.2, 0.25) is 0 Å². The number of rotatable bonds is 1. The molecule has 2 rings (SSSR count). The minimum absolute atomic E-state index is 0.352. The van der Waals surface area contributed by atoms with E-state index in [9.17, 15) is 4.39 Å². The maximum Gasteiger partial charge on any atom is 0.139 e. The molecule has 1 aromatic heterocycles. The van der Waals surface area contributed by atoms with Crippen LogP contribution < -0.4 is 5.73 Å². The maximum atomic E-state index is 13.3. The normalized spacial score (nSPS) is 10.6. The zero-order valence-electron chi connectivity index (χ0n) is 7.42. The van der Waals surface area contributed by atoms with Gasteiger partial charge in [0.1, 0.15) is 5.82 Å². The first kappa shape index (κ1) is 10.9. The second-order valence-electron chi connectivity index (χ2n) is 2.93. The Kier molecular flexibility index (Phi) is 2.96. The number of aromatic nitrogens is 2. The molecule has 1 aromatic carbocycles. The molecule has 15 heavy (non-hydrogen) atoms. The molecular formula is C9H6BrFIN3. The van der Waals surface area contributed by atoms with Gasteiger partial charge >= 0.3 is 0 Å². The molecule has 0 aliphatic carbocycles. The number of nitrogen functional groups attached to an aromatic ring is 1. The SMILES string of the molecule is Nc1cc(Br)c(F)cc1-n1cc(I)cn1.